The summed E-state index contributed by atoms with van der Waals surface area (Å²) in [5.74, 6) is 0.257. The molecule has 0 fully saturated rings. The number of halogens is 1. The Hall–Kier alpha value is -0.540. The van der Waals surface area contributed by atoms with Gasteiger partial charge in [-0.2, -0.15) is 0 Å². The number of aliphatic hydroxyl groups is 1. The van der Waals surface area contributed by atoms with Gasteiger partial charge in [-0.05, 0) is 24.1 Å². The maximum atomic E-state index is 9.27. The lowest BCUT2D eigenvalue weighted by Crippen LogP contribution is -2.11. The van der Waals surface area contributed by atoms with Gasteiger partial charge < -0.3 is 10.2 Å². The fourth-order valence-electron chi connectivity index (χ4n) is 0.959. The molecule has 2 nitrogen and oxygen atoms in total. The van der Waals surface area contributed by atoms with Crippen molar-refractivity contribution in [2.24, 2.45) is 0 Å². The van der Waals surface area contributed by atoms with Crippen LogP contribution in [0.1, 0.15) is 5.56 Å². The minimum atomic E-state index is -0.352. The smallest absolute Gasteiger partial charge is 0.115 e. The van der Waals surface area contributed by atoms with E-state index in [1.165, 1.54) is 0 Å². The standard InChI is InChI=1S/C9H11BrO2/c10-6-9(12)5-7-1-3-8(11)4-2-7/h1-4,9,11-12H,5-6H2. The van der Waals surface area contributed by atoms with Crippen molar-refractivity contribution < 1.29 is 10.2 Å². The number of phenols is 1. The number of rotatable bonds is 3. The van der Waals surface area contributed by atoms with Crippen LogP contribution in [0, 0.1) is 0 Å². The molecule has 0 aliphatic heterocycles. The highest BCUT2D eigenvalue weighted by atomic mass is 79.9. The van der Waals surface area contributed by atoms with Crippen LogP contribution in [0.5, 0.6) is 5.75 Å². The number of hydrogen-bond donors (Lipinski definition) is 2. The average Bonchev–Trinajstić information content (AvgIpc) is 2.09. The number of alkyl halides is 1. The van der Waals surface area contributed by atoms with E-state index in [-0.39, 0.29) is 11.9 Å². The zero-order chi connectivity index (χ0) is 8.97. The zero-order valence-electron chi connectivity index (χ0n) is 6.57. The molecular weight excluding hydrogens is 220 g/mol. The molecule has 0 amide bonds. The van der Waals surface area contributed by atoms with Crippen LogP contribution in [0.25, 0.3) is 0 Å². The van der Waals surface area contributed by atoms with Crippen LogP contribution in [0.2, 0.25) is 0 Å². The first-order valence-electron chi connectivity index (χ1n) is 3.74. The number of aromatic hydroxyl groups is 1. The minimum absolute atomic E-state index is 0.257. The first-order chi connectivity index (χ1) is 5.72. The van der Waals surface area contributed by atoms with Crippen LogP contribution in [0.4, 0.5) is 0 Å². The summed E-state index contributed by atoms with van der Waals surface area (Å²) in [7, 11) is 0. The minimum Gasteiger partial charge on any atom is -0.508 e. The van der Waals surface area contributed by atoms with E-state index in [4.69, 9.17) is 5.11 Å². The Labute approximate surface area is 80.0 Å². The van der Waals surface area contributed by atoms with Gasteiger partial charge in [-0.25, -0.2) is 0 Å². The zero-order valence-corrected chi connectivity index (χ0v) is 8.16. The van der Waals surface area contributed by atoms with E-state index in [1.54, 1.807) is 24.3 Å². The molecule has 0 heterocycles. The molecule has 1 aromatic carbocycles. The normalized spacial score (nSPS) is 12.8. The topological polar surface area (TPSA) is 40.5 Å². The first kappa shape index (κ1) is 9.55. The number of benzene rings is 1. The van der Waals surface area contributed by atoms with Crippen molar-refractivity contribution >= 4 is 15.9 Å². The molecule has 0 bridgehead atoms. The molecule has 1 atom stereocenters. The fourth-order valence-corrected chi connectivity index (χ4v) is 1.19. The highest BCUT2D eigenvalue weighted by Crippen LogP contribution is 2.11. The monoisotopic (exact) mass is 230 g/mol. The Morgan fingerprint density at radius 2 is 1.83 bits per heavy atom. The van der Waals surface area contributed by atoms with Crippen molar-refractivity contribution in [2.75, 3.05) is 5.33 Å². The summed E-state index contributed by atoms with van der Waals surface area (Å²) in [6.45, 7) is 0. The van der Waals surface area contributed by atoms with Gasteiger partial charge >= 0.3 is 0 Å². The predicted octanol–water partition coefficient (Wildman–Crippen LogP) is 1.69. The fraction of sp³-hybridized carbons (Fsp3) is 0.333. The molecule has 0 aliphatic carbocycles. The second kappa shape index (κ2) is 4.48. The van der Waals surface area contributed by atoms with Crippen molar-refractivity contribution in [3.63, 3.8) is 0 Å². The summed E-state index contributed by atoms with van der Waals surface area (Å²) >= 11 is 3.19. The van der Waals surface area contributed by atoms with Crippen molar-refractivity contribution in [1.29, 1.82) is 0 Å². The third-order valence-electron chi connectivity index (χ3n) is 1.59. The van der Waals surface area contributed by atoms with Gasteiger partial charge in [0.1, 0.15) is 5.75 Å². The largest absolute Gasteiger partial charge is 0.508 e. The Balaban J connectivity index is 2.58. The summed E-state index contributed by atoms with van der Waals surface area (Å²) in [4.78, 5) is 0. The van der Waals surface area contributed by atoms with E-state index < -0.39 is 0 Å². The van der Waals surface area contributed by atoms with E-state index in [1.807, 2.05) is 0 Å². The molecule has 66 valence electrons. The summed E-state index contributed by atoms with van der Waals surface area (Å²) < 4.78 is 0. The Bertz CT molecular complexity index is 233. The second-order valence-corrected chi connectivity index (χ2v) is 3.33. The maximum Gasteiger partial charge on any atom is 0.115 e. The van der Waals surface area contributed by atoms with Gasteiger partial charge in [0.05, 0.1) is 6.10 Å². The molecule has 0 saturated heterocycles. The van der Waals surface area contributed by atoms with E-state index in [0.29, 0.717) is 11.8 Å². The number of phenolic OH excluding ortho intramolecular Hbond substituents is 1. The summed E-state index contributed by atoms with van der Waals surface area (Å²) in [5, 5.41) is 18.8. The Kier molecular flexibility index (Phi) is 3.56. The van der Waals surface area contributed by atoms with Crippen molar-refractivity contribution in [3.8, 4) is 5.75 Å². The summed E-state index contributed by atoms with van der Waals surface area (Å²) in [6, 6.07) is 6.86. The lowest BCUT2D eigenvalue weighted by Gasteiger charge is -2.05. The first-order valence-corrected chi connectivity index (χ1v) is 4.86. The van der Waals surface area contributed by atoms with Crippen molar-refractivity contribution in [2.45, 2.75) is 12.5 Å². The number of hydrogen-bond acceptors (Lipinski definition) is 2. The molecule has 0 radical (unpaired) electrons. The second-order valence-electron chi connectivity index (χ2n) is 2.68. The molecule has 0 spiro atoms. The highest BCUT2D eigenvalue weighted by Gasteiger charge is 2.02. The van der Waals surface area contributed by atoms with Crippen molar-refractivity contribution in [3.05, 3.63) is 29.8 Å². The van der Waals surface area contributed by atoms with Gasteiger partial charge in [-0.3, -0.25) is 0 Å². The van der Waals surface area contributed by atoms with E-state index in [2.05, 4.69) is 15.9 Å². The molecule has 2 N–H and O–H groups in total. The third kappa shape index (κ3) is 2.83. The van der Waals surface area contributed by atoms with Crippen LogP contribution in [-0.4, -0.2) is 21.6 Å². The molecule has 1 rings (SSSR count). The van der Waals surface area contributed by atoms with Gasteiger partial charge in [0.2, 0.25) is 0 Å². The highest BCUT2D eigenvalue weighted by molar-refractivity contribution is 9.09. The summed E-state index contributed by atoms with van der Waals surface area (Å²) in [6.07, 6.45) is 0.264. The molecule has 1 unspecified atom stereocenters. The average molecular weight is 231 g/mol. The molecular formula is C9H11BrO2. The SMILES string of the molecule is Oc1ccc(CC(O)CBr)cc1. The Morgan fingerprint density at radius 3 is 2.33 bits per heavy atom. The lowest BCUT2D eigenvalue weighted by atomic mass is 10.1. The van der Waals surface area contributed by atoms with E-state index in [9.17, 15) is 5.11 Å². The van der Waals surface area contributed by atoms with Gasteiger partial charge in [0.25, 0.3) is 0 Å². The molecule has 3 heteroatoms. The lowest BCUT2D eigenvalue weighted by molar-refractivity contribution is 0.201. The van der Waals surface area contributed by atoms with E-state index in [0.717, 1.165) is 5.56 Å². The van der Waals surface area contributed by atoms with Crippen LogP contribution >= 0.6 is 15.9 Å². The van der Waals surface area contributed by atoms with E-state index >= 15 is 0 Å². The van der Waals surface area contributed by atoms with Crippen molar-refractivity contribution in [1.82, 2.24) is 0 Å². The molecule has 0 aliphatic rings. The predicted molar refractivity (Wildman–Crippen MR) is 51.6 cm³/mol. The quantitative estimate of drug-likeness (QED) is 0.777. The van der Waals surface area contributed by atoms with Crippen LogP contribution in [0.15, 0.2) is 24.3 Å². The summed E-state index contributed by atoms with van der Waals surface area (Å²) in [5.41, 5.74) is 1.03. The Morgan fingerprint density at radius 1 is 1.25 bits per heavy atom. The number of aliphatic hydroxyl groups excluding tert-OH is 1. The van der Waals surface area contributed by atoms with Gasteiger partial charge in [-0.1, -0.05) is 28.1 Å². The van der Waals surface area contributed by atoms with Gasteiger partial charge in [0, 0.05) is 5.33 Å². The van der Waals surface area contributed by atoms with Crippen LogP contribution in [-0.2, 0) is 6.42 Å². The van der Waals surface area contributed by atoms with Gasteiger partial charge in [-0.15, -0.1) is 0 Å². The van der Waals surface area contributed by atoms with Crippen LogP contribution < -0.4 is 0 Å². The maximum absolute atomic E-state index is 9.27. The molecule has 0 saturated carbocycles. The third-order valence-corrected chi connectivity index (χ3v) is 2.33. The van der Waals surface area contributed by atoms with Gasteiger partial charge in [0.15, 0.2) is 0 Å². The van der Waals surface area contributed by atoms with Crippen LogP contribution in [0.3, 0.4) is 0 Å². The molecule has 0 aromatic heterocycles. The molecule has 1 aromatic rings. The molecule has 12 heavy (non-hydrogen) atoms.